The Morgan fingerprint density at radius 1 is 1.04 bits per heavy atom. The SMILES string of the molecule is O=C(Cn1c(=O)cnc2ccccc21)OCc1nnnn1-c1ccccc1. The number of esters is 1. The van der Waals surface area contributed by atoms with Crippen LogP contribution in [-0.2, 0) is 22.7 Å². The number of rotatable bonds is 5. The lowest BCUT2D eigenvalue weighted by Gasteiger charge is -2.09. The maximum absolute atomic E-state index is 12.3. The Kier molecular flexibility index (Phi) is 4.40. The first-order valence-electron chi connectivity index (χ1n) is 8.15. The predicted molar refractivity (Wildman–Crippen MR) is 95.0 cm³/mol. The van der Waals surface area contributed by atoms with Crippen LogP contribution in [0.5, 0.6) is 0 Å². The van der Waals surface area contributed by atoms with Crippen LogP contribution in [-0.4, -0.2) is 35.7 Å². The van der Waals surface area contributed by atoms with Crippen LogP contribution in [0.25, 0.3) is 16.7 Å². The number of para-hydroxylation sites is 3. The van der Waals surface area contributed by atoms with Gasteiger partial charge >= 0.3 is 5.97 Å². The molecule has 2 heterocycles. The van der Waals surface area contributed by atoms with E-state index in [-0.39, 0.29) is 18.7 Å². The second-order valence-electron chi connectivity index (χ2n) is 5.67. The Hall–Kier alpha value is -3.88. The fourth-order valence-corrected chi connectivity index (χ4v) is 2.66. The maximum Gasteiger partial charge on any atom is 0.326 e. The molecule has 0 fully saturated rings. The molecule has 0 saturated heterocycles. The lowest BCUT2D eigenvalue weighted by atomic mass is 10.3. The lowest BCUT2D eigenvalue weighted by molar-refractivity contribution is -0.145. The van der Waals surface area contributed by atoms with Crippen molar-refractivity contribution in [2.24, 2.45) is 0 Å². The number of hydrogen-bond donors (Lipinski definition) is 0. The molecule has 27 heavy (non-hydrogen) atoms. The summed E-state index contributed by atoms with van der Waals surface area (Å²) in [5.41, 5.74) is 1.57. The van der Waals surface area contributed by atoms with E-state index in [0.29, 0.717) is 16.9 Å². The molecule has 4 aromatic rings. The van der Waals surface area contributed by atoms with Crippen LogP contribution < -0.4 is 5.56 Å². The van der Waals surface area contributed by atoms with Gasteiger partial charge in [-0.3, -0.25) is 14.2 Å². The maximum atomic E-state index is 12.3. The van der Waals surface area contributed by atoms with E-state index in [4.69, 9.17) is 4.74 Å². The summed E-state index contributed by atoms with van der Waals surface area (Å²) in [6.07, 6.45) is 1.19. The number of nitrogens with zero attached hydrogens (tertiary/aromatic N) is 6. The van der Waals surface area contributed by atoms with Crippen molar-refractivity contribution in [2.75, 3.05) is 0 Å². The van der Waals surface area contributed by atoms with Gasteiger partial charge in [-0.05, 0) is 34.7 Å². The molecule has 4 rings (SSSR count). The van der Waals surface area contributed by atoms with Gasteiger partial charge in [-0.15, -0.1) is 5.10 Å². The molecule has 0 atom stereocenters. The first-order valence-corrected chi connectivity index (χ1v) is 8.15. The summed E-state index contributed by atoms with van der Waals surface area (Å²) in [6.45, 7) is -0.340. The molecule has 0 aliphatic carbocycles. The average molecular weight is 362 g/mol. The number of aromatic nitrogens is 6. The van der Waals surface area contributed by atoms with Gasteiger partial charge in [0.2, 0.25) is 0 Å². The van der Waals surface area contributed by atoms with E-state index in [1.165, 1.54) is 15.4 Å². The Labute approximate surface area is 152 Å². The normalized spacial score (nSPS) is 10.8. The highest BCUT2D eigenvalue weighted by atomic mass is 16.5. The van der Waals surface area contributed by atoms with E-state index >= 15 is 0 Å². The smallest absolute Gasteiger partial charge is 0.326 e. The van der Waals surface area contributed by atoms with E-state index in [1.807, 2.05) is 36.4 Å². The zero-order valence-electron chi connectivity index (χ0n) is 14.1. The van der Waals surface area contributed by atoms with E-state index in [0.717, 1.165) is 5.69 Å². The van der Waals surface area contributed by atoms with Gasteiger partial charge in [0.1, 0.15) is 6.54 Å². The van der Waals surface area contributed by atoms with Crippen LogP contribution in [0, 0.1) is 0 Å². The number of carbonyl (C=O) groups excluding carboxylic acids is 1. The van der Waals surface area contributed by atoms with Gasteiger partial charge < -0.3 is 4.74 Å². The van der Waals surface area contributed by atoms with E-state index < -0.39 is 5.97 Å². The van der Waals surface area contributed by atoms with Gasteiger partial charge in [0.05, 0.1) is 22.9 Å². The Balaban J connectivity index is 1.50. The third-order valence-corrected chi connectivity index (χ3v) is 3.94. The van der Waals surface area contributed by atoms with Crippen molar-refractivity contribution >= 4 is 17.0 Å². The monoisotopic (exact) mass is 362 g/mol. The molecule has 9 heteroatoms. The molecule has 0 amide bonds. The molecule has 0 bridgehead atoms. The van der Waals surface area contributed by atoms with Crippen LogP contribution in [0.1, 0.15) is 5.82 Å². The molecule has 2 aromatic heterocycles. The summed E-state index contributed by atoms with van der Waals surface area (Å²) in [5, 5.41) is 11.4. The van der Waals surface area contributed by atoms with Gasteiger partial charge in [0.25, 0.3) is 5.56 Å². The summed E-state index contributed by atoms with van der Waals surface area (Å²) < 4.78 is 8.09. The number of tetrazole rings is 1. The van der Waals surface area contributed by atoms with Crippen LogP contribution in [0.4, 0.5) is 0 Å². The van der Waals surface area contributed by atoms with E-state index in [9.17, 15) is 9.59 Å². The lowest BCUT2D eigenvalue weighted by Crippen LogP contribution is -2.26. The first-order chi connectivity index (χ1) is 13.2. The molecule has 134 valence electrons. The van der Waals surface area contributed by atoms with Gasteiger partial charge in [-0.1, -0.05) is 30.3 Å². The minimum Gasteiger partial charge on any atom is -0.456 e. The van der Waals surface area contributed by atoms with Crippen molar-refractivity contribution in [3.63, 3.8) is 0 Å². The van der Waals surface area contributed by atoms with E-state index in [2.05, 4.69) is 20.5 Å². The number of ether oxygens (including phenoxy) is 1. The van der Waals surface area contributed by atoms with Crippen LogP contribution in [0.3, 0.4) is 0 Å². The quantitative estimate of drug-likeness (QED) is 0.490. The summed E-state index contributed by atoms with van der Waals surface area (Å²) in [5.74, 6) is -0.197. The zero-order valence-corrected chi connectivity index (χ0v) is 14.1. The molecular weight excluding hydrogens is 348 g/mol. The first kappa shape index (κ1) is 16.6. The molecule has 2 aromatic carbocycles. The minimum absolute atomic E-state index is 0.113. The van der Waals surface area contributed by atoms with Crippen molar-refractivity contribution in [1.82, 2.24) is 29.8 Å². The van der Waals surface area contributed by atoms with Crippen LogP contribution in [0.2, 0.25) is 0 Å². The van der Waals surface area contributed by atoms with Crippen LogP contribution >= 0.6 is 0 Å². The van der Waals surface area contributed by atoms with Gasteiger partial charge in [0, 0.05) is 0 Å². The van der Waals surface area contributed by atoms with Crippen LogP contribution in [0.15, 0.2) is 65.6 Å². The van der Waals surface area contributed by atoms with Gasteiger partial charge in [-0.2, -0.15) is 4.68 Å². The molecule has 0 saturated carbocycles. The molecule has 0 unspecified atom stereocenters. The van der Waals surface area contributed by atoms with Crippen molar-refractivity contribution in [3.05, 3.63) is 77.0 Å². The number of fused-ring (bicyclic) bond motifs is 1. The second-order valence-corrected chi connectivity index (χ2v) is 5.67. The highest BCUT2D eigenvalue weighted by Gasteiger charge is 2.13. The fraction of sp³-hybridized carbons (Fsp3) is 0.111. The summed E-state index contributed by atoms with van der Waals surface area (Å²) in [7, 11) is 0. The Morgan fingerprint density at radius 3 is 2.67 bits per heavy atom. The summed E-state index contributed by atoms with van der Waals surface area (Å²) >= 11 is 0. The molecule has 0 aliphatic heterocycles. The molecule has 0 spiro atoms. The van der Waals surface area contributed by atoms with Crippen molar-refractivity contribution in [2.45, 2.75) is 13.2 Å². The number of hydrogen-bond acceptors (Lipinski definition) is 7. The van der Waals surface area contributed by atoms with Gasteiger partial charge in [0.15, 0.2) is 12.4 Å². The fourth-order valence-electron chi connectivity index (χ4n) is 2.66. The standard InChI is InChI=1S/C18H14N6O3/c25-17-10-19-14-8-4-5-9-15(14)23(17)11-18(26)27-12-16-20-21-22-24(16)13-6-2-1-3-7-13/h1-10H,11-12H2. The molecular formula is C18H14N6O3. The highest BCUT2D eigenvalue weighted by molar-refractivity contribution is 5.77. The number of carbonyl (C=O) groups is 1. The average Bonchev–Trinajstić information content (AvgIpc) is 3.18. The van der Waals surface area contributed by atoms with Crippen molar-refractivity contribution in [1.29, 1.82) is 0 Å². The van der Waals surface area contributed by atoms with Gasteiger partial charge in [-0.25, -0.2) is 4.98 Å². The van der Waals surface area contributed by atoms with E-state index in [1.54, 1.807) is 18.2 Å². The summed E-state index contributed by atoms with van der Waals surface area (Å²) in [6, 6.07) is 16.4. The van der Waals surface area contributed by atoms with Crippen molar-refractivity contribution < 1.29 is 9.53 Å². The van der Waals surface area contributed by atoms with Crippen molar-refractivity contribution in [3.8, 4) is 5.69 Å². The Morgan fingerprint density at radius 2 is 1.81 bits per heavy atom. The topological polar surface area (TPSA) is 105 Å². The second kappa shape index (κ2) is 7.16. The highest BCUT2D eigenvalue weighted by Crippen LogP contribution is 2.10. The minimum atomic E-state index is -0.573. The largest absolute Gasteiger partial charge is 0.456 e. The number of benzene rings is 2. The zero-order chi connectivity index (χ0) is 18.6. The Bertz CT molecular complexity index is 1150. The molecule has 9 nitrogen and oxygen atoms in total. The third kappa shape index (κ3) is 3.43. The molecule has 0 radical (unpaired) electrons. The third-order valence-electron chi connectivity index (χ3n) is 3.94. The summed E-state index contributed by atoms with van der Waals surface area (Å²) in [4.78, 5) is 28.4. The predicted octanol–water partition coefficient (Wildman–Crippen LogP) is 1.12. The molecule has 0 N–H and O–H groups in total. The molecule has 0 aliphatic rings.